The van der Waals surface area contributed by atoms with E-state index in [4.69, 9.17) is 5.73 Å². The second kappa shape index (κ2) is 5.04. The first-order chi connectivity index (χ1) is 8.16. The smallest absolute Gasteiger partial charge is 0.224 e. The topological polar surface area (TPSA) is 55.1 Å². The van der Waals surface area contributed by atoms with Crippen LogP contribution in [0.25, 0.3) is 0 Å². The molecule has 1 aromatic carbocycles. The lowest BCUT2D eigenvalue weighted by Gasteiger charge is -2.17. The van der Waals surface area contributed by atoms with Gasteiger partial charge in [0.15, 0.2) is 0 Å². The highest BCUT2D eigenvalue weighted by Crippen LogP contribution is 2.20. The predicted octanol–water partition coefficient (Wildman–Crippen LogP) is 2.41. The number of amides is 1. The van der Waals surface area contributed by atoms with Crippen molar-refractivity contribution in [2.45, 2.75) is 25.8 Å². The molecule has 17 heavy (non-hydrogen) atoms. The summed E-state index contributed by atoms with van der Waals surface area (Å²) in [6, 6.07) is 7.65. The molecule has 0 bridgehead atoms. The van der Waals surface area contributed by atoms with Crippen LogP contribution < -0.4 is 11.1 Å². The summed E-state index contributed by atoms with van der Waals surface area (Å²) in [6.45, 7) is 1.99. The quantitative estimate of drug-likeness (QED) is 0.619. The molecule has 1 aromatic rings. The van der Waals surface area contributed by atoms with Gasteiger partial charge >= 0.3 is 0 Å². The van der Waals surface area contributed by atoms with Crippen LogP contribution in [0.5, 0.6) is 0 Å². The van der Waals surface area contributed by atoms with E-state index in [0.29, 0.717) is 0 Å². The molecule has 1 aliphatic rings. The van der Waals surface area contributed by atoms with E-state index in [2.05, 4.69) is 17.5 Å². The summed E-state index contributed by atoms with van der Waals surface area (Å²) >= 11 is 0. The number of rotatable bonds is 3. The van der Waals surface area contributed by atoms with Crippen LogP contribution >= 0.6 is 0 Å². The molecule has 3 nitrogen and oxygen atoms in total. The van der Waals surface area contributed by atoms with Gasteiger partial charge in [-0.15, -0.1) is 0 Å². The van der Waals surface area contributed by atoms with Gasteiger partial charge in [-0.2, -0.15) is 0 Å². The number of hydrogen-bond acceptors (Lipinski definition) is 2. The van der Waals surface area contributed by atoms with Gasteiger partial charge in [-0.25, -0.2) is 0 Å². The van der Waals surface area contributed by atoms with Gasteiger partial charge in [0.2, 0.25) is 5.91 Å². The molecule has 0 aliphatic heterocycles. The SMILES string of the molecule is CC(NC(=O)C1CC=CC1)c1ccc(N)cc1. The van der Waals surface area contributed by atoms with E-state index in [1.807, 2.05) is 31.2 Å². The maximum absolute atomic E-state index is 11.9. The summed E-state index contributed by atoms with van der Waals surface area (Å²) in [7, 11) is 0. The zero-order valence-electron chi connectivity index (χ0n) is 10.0. The van der Waals surface area contributed by atoms with Crippen LogP contribution in [0.15, 0.2) is 36.4 Å². The molecule has 0 fully saturated rings. The first kappa shape index (κ1) is 11.7. The zero-order chi connectivity index (χ0) is 12.3. The molecule has 0 spiro atoms. The number of anilines is 1. The van der Waals surface area contributed by atoms with Crippen molar-refractivity contribution in [1.82, 2.24) is 5.32 Å². The van der Waals surface area contributed by atoms with Crippen molar-refractivity contribution in [2.75, 3.05) is 5.73 Å². The van der Waals surface area contributed by atoms with Crippen molar-refractivity contribution < 1.29 is 4.79 Å². The highest BCUT2D eigenvalue weighted by atomic mass is 16.1. The summed E-state index contributed by atoms with van der Waals surface area (Å²) in [5.41, 5.74) is 7.46. The van der Waals surface area contributed by atoms with Gasteiger partial charge in [0, 0.05) is 11.6 Å². The molecule has 0 radical (unpaired) electrons. The third kappa shape index (κ3) is 2.87. The second-order valence-corrected chi connectivity index (χ2v) is 4.54. The summed E-state index contributed by atoms with van der Waals surface area (Å²) < 4.78 is 0. The number of nitrogen functional groups attached to an aromatic ring is 1. The van der Waals surface area contributed by atoms with Crippen LogP contribution in [-0.4, -0.2) is 5.91 Å². The fraction of sp³-hybridized carbons (Fsp3) is 0.357. The van der Waals surface area contributed by atoms with E-state index in [1.54, 1.807) is 0 Å². The molecule has 90 valence electrons. The van der Waals surface area contributed by atoms with Crippen LogP contribution in [0.3, 0.4) is 0 Å². The predicted molar refractivity (Wildman–Crippen MR) is 69.3 cm³/mol. The van der Waals surface area contributed by atoms with E-state index >= 15 is 0 Å². The molecule has 3 N–H and O–H groups in total. The van der Waals surface area contributed by atoms with Gasteiger partial charge in [-0.3, -0.25) is 4.79 Å². The second-order valence-electron chi connectivity index (χ2n) is 4.54. The van der Waals surface area contributed by atoms with Crippen LogP contribution in [-0.2, 0) is 4.79 Å². The van der Waals surface area contributed by atoms with Crippen molar-refractivity contribution in [3.8, 4) is 0 Å². The summed E-state index contributed by atoms with van der Waals surface area (Å²) in [4.78, 5) is 11.9. The van der Waals surface area contributed by atoms with Crippen molar-refractivity contribution in [3.05, 3.63) is 42.0 Å². The Hall–Kier alpha value is -1.77. The number of allylic oxidation sites excluding steroid dienone is 2. The molecule has 1 atom stereocenters. The molecule has 2 rings (SSSR count). The van der Waals surface area contributed by atoms with Gasteiger partial charge < -0.3 is 11.1 Å². The van der Waals surface area contributed by atoms with Gasteiger partial charge in [0.05, 0.1) is 6.04 Å². The number of benzene rings is 1. The maximum atomic E-state index is 11.9. The highest BCUT2D eigenvalue weighted by molar-refractivity contribution is 5.79. The molecule has 0 heterocycles. The zero-order valence-corrected chi connectivity index (χ0v) is 10.0. The van der Waals surface area contributed by atoms with E-state index < -0.39 is 0 Å². The minimum Gasteiger partial charge on any atom is -0.399 e. The summed E-state index contributed by atoms with van der Waals surface area (Å²) in [6.07, 6.45) is 5.86. The van der Waals surface area contributed by atoms with Crippen LogP contribution in [0, 0.1) is 5.92 Å². The van der Waals surface area contributed by atoms with Crippen molar-refractivity contribution in [3.63, 3.8) is 0 Å². The number of hydrogen-bond donors (Lipinski definition) is 2. The fourth-order valence-electron chi connectivity index (χ4n) is 2.03. The summed E-state index contributed by atoms with van der Waals surface area (Å²) in [5.74, 6) is 0.255. The largest absolute Gasteiger partial charge is 0.399 e. The molecule has 0 saturated heterocycles. The Labute approximate surface area is 102 Å². The van der Waals surface area contributed by atoms with Crippen molar-refractivity contribution >= 4 is 11.6 Å². The third-order valence-corrected chi connectivity index (χ3v) is 3.17. The molecule has 0 aromatic heterocycles. The Bertz CT molecular complexity index is 414. The monoisotopic (exact) mass is 230 g/mol. The van der Waals surface area contributed by atoms with E-state index in [1.165, 1.54) is 0 Å². The Balaban J connectivity index is 1.94. The van der Waals surface area contributed by atoms with Crippen LogP contribution in [0.4, 0.5) is 5.69 Å². The Kier molecular flexibility index (Phi) is 3.47. The molecule has 1 aliphatic carbocycles. The van der Waals surface area contributed by atoms with Gasteiger partial charge in [0.1, 0.15) is 0 Å². The third-order valence-electron chi connectivity index (χ3n) is 3.17. The van der Waals surface area contributed by atoms with Crippen molar-refractivity contribution in [2.24, 2.45) is 5.92 Å². The van der Waals surface area contributed by atoms with E-state index in [9.17, 15) is 4.79 Å². The average molecular weight is 230 g/mol. The van der Waals surface area contributed by atoms with Gasteiger partial charge in [-0.1, -0.05) is 24.3 Å². The Morgan fingerprint density at radius 2 is 1.88 bits per heavy atom. The maximum Gasteiger partial charge on any atom is 0.224 e. The number of nitrogens with one attached hydrogen (secondary N) is 1. The van der Waals surface area contributed by atoms with Crippen molar-refractivity contribution in [1.29, 1.82) is 0 Å². The molecule has 1 amide bonds. The average Bonchev–Trinajstić information content (AvgIpc) is 2.83. The lowest BCUT2D eigenvalue weighted by Crippen LogP contribution is -2.31. The standard InChI is InChI=1S/C14H18N2O/c1-10(11-6-8-13(15)9-7-11)16-14(17)12-4-2-3-5-12/h2-3,6-10,12H,4-5,15H2,1H3,(H,16,17). The molecular weight excluding hydrogens is 212 g/mol. The Morgan fingerprint density at radius 3 is 2.47 bits per heavy atom. The number of nitrogens with two attached hydrogens (primary N) is 1. The fourth-order valence-corrected chi connectivity index (χ4v) is 2.03. The number of carbonyl (C=O) groups is 1. The minimum atomic E-state index is 0.0312. The van der Waals surface area contributed by atoms with Gasteiger partial charge in [0.25, 0.3) is 0 Å². The number of carbonyl (C=O) groups excluding carboxylic acids is 1. The van der Waals surface area contributed by atoms with E-state index in [0.717, 1.165) is 24.1 Å². The molecular formula is C14H18N2O. The van der Waals surface area contributed by atoms with Crippen LogP contribution in [0.2, 0.25) is 0 Å². The highest BCUT2D eigenvalue weighted by Gasteiger charge is 2.20. The first-order valence-corrected chi connectivity index (χ1v) is 5.97. The first-order valence-electron chi connectivity index (χ1n) is 5.97. The minimum absolute atomic E-state index is 0.0312. The Morgan fingerprint density at radius 1 is 1.29 bits per heavy atom. The van der Waals surface area contributed by atoms with Gasteiger partial charge in [-0.05, 0) is 37.5 Å². The normalized spacial score (nSPS) is 17.0. The summed E-state index contributed by atoms with van der Waals surface area (Å²) in [5, 5.41) is 3.04. The molecule has 1 unspecified atom stereocenters. The van der Waals surface area contributed by atoms with Crippen LogP contribution in [0.1, 0.15) is 31.4 Å². The lowest BCUT2D eigenvalue weighted by molar-refractivity contribution is -0.125. The molecule has 0 saturated carbocycles. The van der Waals surface area contributed by atoms with E-state index in [-0.39, 0.29) is 17.9 Å². The lowest BCUT2D eigenvalue weighted by atomic mass is 10.0. The molecule has 3 heteroatoms.